The van der Waals surface area contributed by atoms with Gasteiger partial charge < -0.3 is 4.74 Å². The standard InChI is InChI=1S/C18H20FNO5S2/c19-15-7-9-17(10-8-15)27(23,24)18-13-20(14-18)26(21,22)12-4-11-25-16-5-2-1-3-6-16/h1-3,5-10,18H,4,11-14H2. The van der Waals surface area contributed by atoms with Crippen LogP contribution in [0.2, 0.25) is 0 Å². The van der Waals surface area contributed by atoms with Gasteiger partial charge in [-0.2, -0.15) is 4.31 Å². The maximum atomic E-state index is 13.0. The van der Waals surface area contributed by atoms with Crippen LogP contribution in [0.1, 0.15) is 6.42 Å². The molecule has 1 aliphatic rings. The van der Waals surface area contributed by atoms with Gasteiger partial charge in [-0.15, -0.1) is 0 Å². The van der Waals surface area contributed by atoms with Crippen LogP contribution in [0.5, 0.6) is 5.75 Å². The molecule has 27 heavy (non-hydrogen) atoms. The van der Waals surface area contributed by atoms with E-state index in [9.17, 15) is 21.2 Å². The minimum Gasteiger partial charge on any atom is -0.494 e. The van der Waals surface area contributed by atoms with Crippen molar-refractivity contribution in [1.82, 2.24) is 4.31 Å². The van der Waals surface area contributed by atoms with Crippen molar-refractivity contribution in [3.05, 3.63) is 60.4 Å². The van der Waals surface area contributed by atoms with E-state index in [4.69, 9.17) is 4.74 Å². The summed E-state index contributed by atoms with van der Waals surface area (Å²) in [5.74, 6) is 0.0390. The molecule has 1 heterocycles. The number of benzene rings is 2. The molecule has 146 valence electrons. The summed E-state index contributed by atoms with van der Waals surface area (Å²) in [5.41, 5.74) is 0. The molecule has 0 radical (unpaired) electrons. The van der Waals surface area contributed by atoms with Crippen LogP contribution in [0.4, 0.5) is 4.39 Å². The van der Waals surface area contributed by atoms with Crippen molar-refractivity contribution in [1.29, 1.82) is 0 Å². The smallest absolute Gasteiger partial charge is 0.214 e. The molecule has 0 atom stereocenters. The predicted octanol–water partition coefficient (Wildman–Crippen LogP) is 2.08. The van der Waals surface area contributed by atoms with E-state index in [0.717, 1.165) is 12.1 Å². The fraction of sp³-hybridized carbons (Fsp3) is 0.333. The lowest BCUT2D eigenvalue weighted by atomic mass is 10.3. The maximum absolute atomic E-state index is 13.0. The minimum absolute atomic E-state index is 0.00205. The topological polar surface area (TPSA) is 80.8 Å². The molecule has 0 amide bonds. The van der Waals surface area contributed by atoms with Crippen molar-refractivity contribution in [3.63, 3.8) is 0 Å². The van der Waals surface area contributed by atoms with Crippen LogP contribution < -0.4 is 4.74 Å². The van der Waals surface area contributed by atoms with Crippen molar-refractivity contribution in [3.8, 4) is 5.75 Å². The van der Waals surface area contributed by atoms with Gasteiger partial charge in [0.15, 0.2) is 9.84 Å². The zero-order chi connectivity index (χ0) is 19.5. The Morgan fingerprint density at radius 3 is 2.22 bits per heavy atom. The summed E-state index contributed by atoms with van der Waals surface area (Å²) < 4.78 is 69.1. The van der Waals surface area contributed by atoms with Gasteiger partial charge >= 0.3 is 0 Å². The number of sulfonamides is 1. The van der Waals surface area contributed by atoms with Gasteiger partial charge in [0.05, 0.1) is 22.5 Å². The molecule has 0 bridgehead atoms. The number of sulfone groups is 1. The number of para-hydroxylation sites is 1. The summed E-state index contributed by atoms with van der Waals surface area (Å²) in [6, 6.07) is 13.6. The number of hydrogen-bond donors (Lipinski definition) is 0. The number of halogens is 1. The van der Waals surface area contributed by atoms with Crippen LogP contribution in [-0.4, -0.2) is 51.8 Å². The van der Waals surface area contributed by atoms with Gasteiger partial charge in [0.25, 0.3) is 0 Å². The van der Waals surface area contributed by atoms with E-state index in [2.05, 4.69) is 0 Å². The first-order valence-electron chi connectivity index (χ1n) is 8.44. The van der Waals surface area contributed by atoms with E-state index >= 15 is 0 Å². The van der Waals surface area contributed by atoms with E-state index in [0.29, 0.717) is 12.2 Å². The van der Waals surface area contributed by atoms with Gasteiger partial charge in [0.1, 0.15) is 11.6 Å². The third kappa shape index (κ3) is 4.66. The zero-order valence-corrected chi connectivity index (χ0v) is 16.1. The summed E-state index contributed by atoms with van der Waals surface area (Å²) in [6.45, 7) is 0.0948. The normalized spacial score (nSPS) is 16.0. The Morgan fingerprint density at radius 1 is 0.963 bits per heavy atom. The van der Waals surface area contributed by atoms with Crippen LogP contribution in [0.15, 0.2) is 59.5 Å². The highest BCUT2D eigenvalue weighted by Crippen LogP contribution is 2.26. The molecule has 0 aromatic heterocycles. The second-order valence-electron chi connectivity index (χ2n) is 6.27. The van der Waals surface area contributed by atoms with Crippen LogP contribution in [-0.2, 0) is 19.9 Å². The second kappa shape index (κ2) is 7.95. The van der Waals surface area contributed by atoms with Gasteiger partial charge in [-0.1, -0.05) is 18.2 Å². The summed E-state index contributed by atoms with van der Waals surface area (Å²) in [7, 11) is -7.20. The lowest BCUT2D eigenvalue weighted by molar-refractivity contribution is 0.299. The predicted molar refractivity (Wildman–Crippen MR) is 99.3 cm³/mol. The molecular weight excluding hydrogens is 393 g/mol. The first-order chi connectivity index (χ1) is 12.8. The Bertz CT molecular complexity index is 970. The second-order valence-corrected chi connectivity index (χ2v) is 10.6. The van der Waals surface area contributed by atoms with Crippen LogP contribution >= 0.6 is 0 Å². The van der Waals surface area contributed by atoms with Crippen molar-refractivity contribution >= 4 is 19.9 Å². The minimum atomic E-state index is -3.67. The average molecular weight is 413 g/mol. The highest BCUT2D eigenvalue weighted by atomic mass is 32.2. The first-order valence-corrected chi connectivity index (χ1v) is 11.6. The lowest BCUT2D eigenvalue weighted by Crippen LogP contribution is -2.57. The van der Waals surface area contributed by atoms with Crippen LogP contribution in [0.25, 0.3) is 0 Å². The maximum Gasteiger partial charge on any atom is 0.214 e. The van der Waals surface area contributed by atoms with E-state index < -0.39 is 30.9 Å². The van der Waals surface area contributed by atoms with Gasteiger partial charge in [0, 0.05) is 13.1 Å². The number of nitrogens with zero attached hydrogens (tertiary/aromatic N) is 1. The molecule has 0 N–H and O–H groups in total. The molecule has 6 nitrogen and oxygen atoms in total. The van der Waals surface area contributed by atoms with E-state index in [1.54, 1.807) is 12.1 Å². The summed E-state index contributed by atoms with van der Waals surface area (Å²) in [6.07, 6.45) is 0.309. The van der Waals surface area contributed by atoms with Gasteiger partial charge in [-0.05, 0) is 42.8 Å². The molecule has 1 saturated heterocycles. The molecule has 0 aliphatic carbocycles. The Labute approximate surface area is 158 Å². The molecule has 9 heteroatoms. The molecule has 2 aromatic carbocycles. The molecular formula is C18H20FNO5S2. The fourth-order valence-corrected chi connectivity index (χ4v) is 6.11. The van der Waals surface area contributed by atoms with Gasteiger partial charge in [-0.3, -0.25) is 0 Å². The molecule has 3 rings (SSSR count). The summed E-state index contributed by atoms with van der Waals surface area (Å²) in [5, 5.41) is -0.807. The zero-order valence-electron chi connectivity index (χ0n) is 14.5. The third-order valence-electron chi connectivity index (χ3n) is 4.35. The largest absolute Gasteiger partial charge is 0.494 e. The van der Waals surface area contributed by atoms with Crippen molar-refractivity contribution in [2.75, 3.05) is 25.4 Å². The number of hydrogen-bond acceptors (Lipinski definition) is 5. The van der Waals surface area contributed by atoms with Crippen molar-refractivity contribution in [2.24, 2.45) is 0 Å². The Morgan fingerprint density at radius 2 is 1.59 bits per heavy atom. The van der Waals surface area contributed by atoms with E-state index in [1.165, 1.54) is 16.4 Å². The van der Waals surface area contributed by atoms with Crippen LogP contribution in [0, 0.1) is 5.82 Å². The molecule has 0 spiro atoms. The molecule has 0 unspecified atom stereocenters. The lowest BCUT2D eigenvalue weighted by Gasteiger charge is -2.37. The number of ether oxygens (including phenoxy) is 1. The average Bonchev–Trinajstić information content (AvgIpc) is 2.58. The highest BCUT2D eigenvalue weighted by molar-refractivity contribution is 7.92. The molecule has 2 aromatic rings. The monoisotopic (exact) mass is 413 g/mol. The fourth-order valence-electron chi connectivity index (χ4n) is 2.72. The van der Waals surface area contributed by atoms with Crippen molar-refractivity contribution in [2.45, 2.75) is 16.6 Å². The summed E-state index contributed by atoms with van der Waals surface area (Å²) >= 11 is 0. The quantitative estimate of drug-likeness (QED) is 0.489. The van der Waals surface area contributed by atoms with E-state index in [1.807, 2.05) is 18.2 Å². The number of rotatable bonds is 8. The Kier molecular flexibility index (Phi) is 5.83. The van der Waals surface area contributed by atoms with Gasteiger partial charge in [-0.25, -0.2) is 21.2 Å². The van der Waals surface area contributed by atoms with Gasteiger partial charge in [0.2, 0.25) is 10.0 Å². The first kappa shape index (κ1) is 19.8. The molecule has 1 fully saturated rings. The highest BCUT2D eigenvalue weighted by Gasteiger charge is 2.43. The molecule has 1 aliphatic heterocycles. The van der Waals surface area contributed by atoms with Crippen molar-refractivity contribution < 1.29 is 26.0 Å². The molecule has 0 saturated carbocycles. The Hall–Kier alpha value is -1.97. The van der Waals surface area contributed by atoms with Crippen LogP contribution in [0.3, 0.4) is 0 Å². The SMILES string of the molecule is O=S(=O)(c1ccc(F)cc1)C1CN(S(=O)(=O)CCCOc2ccccc2)C1. The van der Waals surface area contributed by atoms with E-state index in [-0.39, 0.29) is 30.3 Å². The Balaban J connectivity index is 1.49. The third-order valence-corrected chi connectivity index (χ3v) is 8.34. The summed E-state index contributed by atoms with van der Waals surface area (Å²) in [4.78, 5) is 0.00205.